The Morgan fingerprint density at radius 3 is 1.18 bits per heavy atom. The molecule has 22 heavy (non-hydrogen) atoms. The maximum absolute atomic E-state index is 9.97. The van der Waals surface area contributed by atoms with Crippen LogP contribution in [0.1, 0.15) is 117 Å². The highest BCUT2D eigenvalue weighted by atomic mass is 16.3. The van der Waals surface area contributed by atoms with Crippen molar-refractivity contribution in [1.29, 1.82) is 0 Å². The number of aliphatic hydroxyl groups is 2. The summed E-state index contributed by atoms with van der Waals surface area (Å²) in [7, 11) is 0. The Morgan fingerprint density at radius 2 is 0.727 bits per heavy atom. The van der Waals surface area contributed by atoms with Crippen LogP contribution >= 0.6 is 0 Å². The van der Waals surface area contributed by atoms with Crippen LogP contribution in [0.3, 0.4) is 0 Å². The predicted octanol–water partition coefficient (Wildman–Crippen LogP) is 5.99. The minimum atomic E-state index is -0.119. The highest BCUT2D eigenvalue weighted by Gasteiger charge is 2.06. The van der Waals surface area contributed by atoms with Crippen LogP contribution < -0.4 is 0 Å². The third-order valence-corrected chi connectivity index (χ3v) is 4.61. The summed E-state index contributed by atoms with van der Waals surface area (Å²) in [6.07, 6.45) is 18.4. The second kappa shape index (κ2) is 17.3. The van der Waals surface area contributed by atoms with Gasteiger partial charge in [-0.25, -0.2) is 0 Å². The van der Waals surface area contributed by atoms with E-state index in [4.69, 9.17) is 0 Å². The molecule has 0 fully saturated rings. The summed E-state index contributed by atoms with van der Waals surface area (Å²) in [6.45, 7) is 4.44. The monoisotopic (exact) mass is 314 g/mol. The molecule has 0 bridgehead atoms. The molecule has 0 heterocycles. The zero-order valence-corrected chi connectivity index (χ0v) is 15.4. The molecular formula is C20H42O2. The molecule has 0 saturated carbocycles. The van der Waals surface area contributed by atoms with E-state index < -0.39 is 0 Å². The first-order valence-electron chi connectivity index (χ1n) is 10.1. The van der Waals surface area contributed by atoms with E-state index >= 15 is 0 Å². The summed E-state index contributed by atoms with van der Waals surface area (Å²) >= 11 is 0. The molecule has 0 aliphatic rings. The highest BCUT2D eigenvalue weighted by Crippen LogP contribution is 2.15. The fourth-order valence-corrected chi connectivity index (χ4v) is 3.02. The lowest BCUT2D eigenvalue weighted by Gasteiger charge is -2.12. The van der Waals surface area contributed by atoms with Gasteiger partial charge in [-0.15, -0.1) is 0 Å². The van der Waals surface area contributed by atoms with Crippen molar-refractivity contribution in [2.45, 2.75) is 129 Å². The molecule has 2 nitrogen and oxygen atoms in total. The van der Waals surface area contributed by atoms with Crippen LogP contribution in [0.25, 0.3) is 0 Å². The van der Waals surface area contributed by atoms with Crippen molar-refractivity contribution >= 4 is 0 Å². The van der Waals surface area contributed by atoms with Crippen molar-refractivity contribution in [2.24, 2.45) is 0 Å². The van der Waals surface area contributed by atoms with Gasteiger partial charge in [-0.2, -0.15) is 0 Å². The van der Waals surface area contributed by atoms with E-state index in [2.05, 4.69) is 13.8 Å². The van der Waals surface area contributed by atoms with Gasteiger partial charge in [-0.1, -0.05) is 90.9 Å². The molecule has 0 aromatic heterocycles. The van der Waals surface area contributed by atoms with E-state index in [-0.39, 0.29) is 12.2 Å². The lowest BCUT2D eigenvalue weighted by atomic mass is 10.0. The molecule has 0 radical (unpaired) electrons. The topological polar surface area (TPSA) is 40.5 Å². The first-order chi connectivity index (χ1) is 10.7. The summed E-state index contributed by atoms with van der Waals surface area (Å²) in [5, 5.41) is 19.8. The molecule has 0 aromatic carbocycles. The molecule has 0 aliphatic heterocycles. The van der Waals surface area contributed by atoms with Crippen molar-refractivity contribution < 1.29 is 10.2 Å². The number of aliphatic hydroxyl groups excluding tert-OH is 2. The van der Waals surface area contributed by atoms with Gasteiger partial charge in [0.1, 0.15) is 0 Å². The number of hydrogen-bond acceptors (Lipinski definition) is 2. The van der Waals surface area contributed by atoms with Gasteiger partial charge in [0.15, 0.2) is 0 Å². The van der Waals surface area contributed by atoms with Gasteiger partial charge >= 0.3 is 0 Å². The van der Waals surface area contributed by atoms with E-state index in [1.807, 2.05) is 0 Å². The molecule has 2 atom stereocenters. The predicted molar refractivity (Wildman–Crippen MR) is 97.2 cm³/mol. The molecular weight excluding hydrogens is 272 g/mol. The second-order valence-corrected chi connectivity index (χ2v) is 7.00. The SMILES string of the molecule is CCCCCCCCCC(O)CCCCC(O)CCCCC. The summed E-state index contributed by atoms with van der Waals surface area (Å²) < 4.78 is 0. The zero-order chi connectivity index (χ0) is 16.5. The summed E-state index contributed by atoms with van der Waals surface area (Å²) in [6, 6.07) is 0. The third-order valence-electron chi connectivity index (χ3n) is 4.61. The van der Waals surface area contributed by atoms with Crippen LogP contribution in [0.5, 0.6) is 0 Å². The summed E-state index contributed by atoms with van der Waals surface area (Å²) in [4.78, 5) is 0. The largest absolute Gasteiger partial charge is 0.393 e. The van der Waals surface area contributed by atoms with E-state index in [0.717, 1.165) is 44.9 Å². The van der Waals surface area contributed by atoms with Gasteiger partial charge in [0.05, 0.1) is 12.2 Å². The van der Waals surface area contributed by atoms with Crippen molar-refractivity contribution in [3.8, 4) is 0 Å². The fraction of sp³-hybridized carbons (Fsp3) is 1.00. The molecule has 0 saturated heterocycles. The zero-order valence-electron chi connectivity index (χ0n) is 15.4. The standard InChI is InChI=1S/C20H42O2/c1-3-5-7-8-9-10-12-16-20(22)18-14-13-17-19(21)15-11-6-4-2/h19-22H,3-18H2,1-2H3. The minimum Gasteiger partial charge on any atom is -0.393 e. The molecule has 0 spiro atoms. The maximum atomic E-state index is 9.97. The smallest absolute Gasteiger partial charge is 0.0540 e. The lowest BCUT2D eigenvalue weighted by Crippen LogP contribution is -2.09. The lowest BCUT2D eigenvalue weighted by molar-refractivity contribution is 0.132. The molecule has 0 aliphatic carbocycles. The van der Waals surface area contributed by atoms with E-state index in [1.54, 1.807) is 0 Å². The highest BCUT2D eigenvalue weighted by molar-refractivity contribution is 4.60. The van der Waals surface area contributed by atoms with Crippen molar-refractivity contribution in [1.82, 2.24) is 0 Å². The van der Waals surface area contributed by atoms with Gasteiger partial charge in [0.2, 0.25) is 0 Å². The molecule has 2 heteroatoms. The van der Waals surface area contributed by atoms with Gasteiger partial charge in [-0.3, -0.25) is 0 Å². The van der Waals surface area contributed by atoms with Crippen LogP contribution in [-0.4, -0.2) is 22.4 Å². The Kier molecular flexibility index (Phi) is 17.2. The second-order valence-electron chi connectivity index (χ2n) is 7.00. The summed E-state index contributed by atoms with van der Waals surface area (Å²) in [5.41, 5.74) is 0. The molecule has 2 N–H and O–H groups in total. The molecule has 0 amide bonds. The van der Waals surface area contributed by atoms with E-state index in [0.29, 0.717) is 0 Å². The van der Waals surface area contributed by atoms with Gasteiger partial charge < -0.3 is 10.2 Å². The number of rotatable bonds is 17. The maximum Gasteiger partial charge on any atom is 0.0540 e. The molecule has 0 aromatic rings. The number of unbranched alkanes of at least 4 members (excludes halogenated alkanes) is 9. The molecule has 134 valence electrons. The third kappa shape index (κ3) is 16.3. The van der Waals surface area contributed by atoms with Crippen LogP contribution in [0.4, 0.5) is 0 Å². The van der Waals surface area contributed by atoms with Crippen LogP contribution in [-0.2, 0) is 0 Å². The Bertz CT molecular complexity index is 206. The van der Waals surface area contributed by atoms with E-state index in [9.17, 15) is 10.2 Å². The summed E-state index contributed by atoms with van der Waals surface area (Å²) in [5.74, 6) is 0. The average molecular weight is 315 g/mol. The normalized spacial score (nSPS) is 14.2. The van der Waals surface area contributed by atoms with Crippen molar-refractivity contribution in [3.63, 3.8) is 0 Å². The van der Waals surface area contributed by atoms with Crippen LogP contribution in [0.2, 0.25) is 0 Å². The minimum absolute atomic E-state index is 0.118. The fourth-order valence-electron chi connectivity index (χ4n) is 3.02. The first kappa shape index (κ1) is 21.9. The Hall–Kier alpha value is -0.0800. The van der Waals surface area contributed by atoms with Gasteiger partial charge in [-0.05, 0) is 25.7 Å². The van der Waals surface area contributed by atoms with Crippen molar-refractivity contribution in [2.75, 3.05) is 0 Å². The quantitative estimate of drug-likeness (QED) is 0.324. The van der Waals surface area contributed by atoms with E-state index in [1.165, 1.54) is 57.8 Å². The number of hydrogen-bond donors (Lipinski definition) is 2. The Morgan fingerprint density at radius 1 is 0.455 bits per heavy atom. The Labute approximate surface area is 139 Å². The van der Waals surface area contributed by atoms with Crippen LogP contribution in [0, 0.1) is 0 Å². The molecule has 2 unspecified atom stereocenters. The average Bonchev–Trinajstić information content (AvgIpc) is 2.51. The van der Waals surface area contributed by atoms with Crippen LogP contribution in [0.15, 0.2) is 0 Å². The molecule has 0 rings (SSSR count). The first-order valence-corrected chi connectivity index (χ1v) is 10.1. The Balaban J connectivity index is 3.26. The van der Waals surface area contributed by atoms with Gasteiger partial charge in [0, 0.05) is 0 Å². The van der Waals surface area contributed by atoms with Crippen molar-refractivity contribution in [3.05, 3.63) is 0 Å². The van der Waals surface area contributed by atoms with Gasteiger partial charge in [0.25, 0.3) is 0 Å².